The number of carboxylic acids is 1. The fourth-order valence-electron chi connectivity index (χ4n) is 3.25. The van der Waals surface area contributed by atoms with Gasteiger partial charge in [-0.25, -0.2) is 9.59 Å². The third-order valence-corrected chi connectivity index (χ3v) is 5.34. The smallest absolute Gasteiger partial charge is 0.410 e. The minimum absolute atomic E-state index is 0.113. The summed E-state index contributed by atoms with van der Waals surface area (Å²) in [6.07, 6.45) is 0.886. The van der Waals surface area contributed by atoms with Crippen molar-refractivity contribution in [3.8, 4) is 0 Å². The van der Waals surface area contributed by atoms with Gasteiger partial charge in [0.1, 0.15) is 5.60 Å². The molecule has 1 amide bonds. The number of aromatic nitrogens is 1. The molecule has 8 nitrogen and oxygen atoms in total. The Hall–Kier alpha value is -2.06. The van der Waals surface area contributed by atoms with Gasteiger partial charge in [-0.1, -0.05) is 25.4 Å². The number of hydrogen-bond donors (Lipinski definition) is 2. The molecule has 1 aromatic rings. The number of ether oxygens (including phenoxy) is 1. The van der Waals surface area contributed by atoms with E-state index in [0.717, 1.165) is 16.8 Å². The second-order valence-electron chi connectivity index (χ2n) is 8.87. The largest absolute Gasteiger partial charge is 0.478 e. The Morgan fingerprint density at radius 2 is 1.93 bits per heavy atom. The first-order valence-electron chi connectivity index (χ1n) is 8.99. The molecule has 0 aromatic carbocycles. The maximum Gasteiger partial charge on any atom is 0.410 e. The highest BCUT2D eigenvalue weighted by Gasteiger charge is 2.49. The second kappa shape index (κ2) is 7.40. The maximum atomic E-state index is 12.4. The molecule has 0 bridgehead atoms. The summed E-state index contributed by atoms with van der Waals surface area (Å²) in [5, 5.41) is 20.4. The molecule has 156 valence electrons. The second-order valence-corrected chi connectivity index (χ2v) is 9.28. The number of carbonyl (C=O) groups is 2. The van der Waals surface area contributed by atoms with Crippen LogP contribution in [0.15, 0.2) is 17.1 Å². The van der Waals surface area contributed by atoms with Crippen LogP contribution in [0.5, 0.6) is 0 Å². The van der Waals surface area contributed by atoms with Crippen LogP contribution in [0.2, 0.25) is 5.02 Å². The lowest BCUT2D eigenvalue weighted by Gasteiger charge is -2.50. The lowest BCUT2D eigenvalue weighted by atomic mass is 9.70. The van der Waals surface area contributed by atoms with Crippen LogP contribution in [-0.4, -0.2) is 56.0 Å². The van der Waals surface area contributed by atoms with Crippen molar-refractivity contribution in [3.05, 3.63) is 33.2 Å². The number of aliphatic hydroxyl groups is 1. The van der Waals surface area contributed by atoms with Gasteiger partial charge in [-0.3, -0.25) is 4.79 Å². The molecule has 1 aliphatic heterocycles. The minimum Gasteiger partial charge on any atom is -0.478 e. The van der Waals surface area contributed by atoms with E-state index in [2.05, 4.69) is 0 Å². The first kappa shape index (κ1) is 22.2. The third kappa shape index (κ3) is 4.67. The van der Waals surface area contributed by atoms with Gasteiger partial charge in [-0.2, -0.15) is 0 Å². The standard InChI is InChI=1S/C19H27ClN2O6/c1-17(2,3)28-16(26)21-7-6-19(27,18(4,5)10-21)11-22-9-12(15(24)25)13(20)8-14(22)23/h8-9,27H,6-7,10-11H2,1-5H3,(H,24,25). The van der Waals surface area contributed by atoms with Crippen LogP contribution >= 0.6 is 11.6 Å². The van der Waals surface area contributed by atoms with Gasteiger partial charge in [0.2, 0.25) is 0 Å². The van der Waals surface area contributed by atoms with Gasteiger partial charge in [-0.15, -0.1) is 0 Å². The molecule has 1 aliphatic rings. The Bertz CT molecular complexity index is 842. The van der Waals surface area contributed by atoms with Crippen molar-refractivity contribution >= 4 is 23.7 Å². The van der Waals surface area contributed by atoms with E-state index in [1.165, 1.54) is 4.90 Å². The SMILES string of the molecule is CC(C)(C)OC(=O)N1CCC(O)(Cn2cc(C(=O)O)c(Cl)cc2=O)C(C)(C)C1. The van der Waals surface area contributed by atoms with Crippen molar-refractivity contribution in [1.82, 2.24) is 9.47 Å². The van der Waals surface area contributed by atoms with E-state index < -0.39 is 34.2 Å². The summed E-state index contributed by atoms with van der Waals surface area (Å²) < 4.78 is 6.55. The van der Waals surface area contributed by atoms with Gasteiger partial charge in [0.15, 0.2) is 0 Å². The van der Waals surface area contributed by atoms with Crippen LogP contribution in [0.4, 0.5) is 4.79 Å². The highest BCUT2D eigenvalue weighted by molar-refractivity contribution is 6.33. The average Bonchev–Trinajstić information content (AvgIpc) is 2.50. The fourth-order valence-corrected chi connectivity index (χ4v) is 3.47. The molecule has 0 saturated carbocycles. The Labute approximate surface area is 168 Å². The minimum atomic E-state index is -1.33. The Balaban J connectivity index is 2.26. The van der Waals surface area contributed by atoms with Crippen LogP contribution in [0, 0.1) is 5.41 Å². The van der Waals surface area contributed by atoms with Crippen molar-refractivity contribution in [2.75, 3.05) is 13.1 Å². The predicted molar refractivity (Wildman–Crippen MR) is 104 cm³/mol. The van der Waals surface area contributed by atoms with E-state index in [0.29, 0.717) is 0 Å². The molecule has 2 N–H and O–H groups in total. The quantitative estimate of drug-likeness (QED) is 0.786. The zero-order valence-corrected chi connectivity index (χ0v) is 17.5. The number of nitrogens with zero attached hydrogens (tertiary/aromatic N) is 2. The normalized spacial score (nSPS) is 22.0. The molecule has 0 aliphatic carbocycles. The molecular weight excluding hydrogens is 388 g/mol. The summed E-state index contributed by atoms with van der Waals surface area (Å²) >= 11 is 5.82. The van der Waals surface area contributed by atoms with Crippen LogP contribution in [0.3, 0.4) is 0 Å². The van der Waals surface area contributed by atoms with E-state index in [9.17, 15) is 24.6 Å². The number of likely N-dealkylation sites (tertiary alicyclic amines) is 1. The highest BCUT2D eigenvalue weighted by atomic mass is 35.5. The van der Waals surface area contributed by atoms with Crippen molar-refractivity contribution in [2.45, 2.75) is 58.8 Å². The molecule has 0 spiro atoms. The summed E-state index contributed by atoms with van der Waals surface area (Å²) in [6, 6.07) is 1.02. The molecule has 1 aromatic heterocycles. The first-order chi connectivity index (χ1) is 12.7. The zero-order chi connectivity index (χ0) is 21.5. The van der Waals surface area contributed by atoms with Gasteiger partial charge in [0, 0.05) is 30.8 Å². The van der Waals surface area contributed by atoms with Crippen LogP contribution < -0.4 is 5.56 Å². The summed E-state index contributed by atoms with van der Waals surface area (Å²) in [6.45, 7) is 9.30. The van der Waals surface area contributed by atoms with Crippen molar-refractivity contribution < 1.29 is 24.5 Å². The van der Waals surface area contributed by atoms with Gasteiger partial charge < -0.3 is 24.4 Å². The molecule has 1 fully saturated rings. The molecule has 1 atom stereocenters. The lowest BCUT2D eigenvalue weighted by Crippen LogP contribution is -2.61. The number of pyridine rings is 1. The van der Waals surface area contributed by atoms with Gasteiger partial charge >= 0.3 is 12.1 Å². The number of halogens is 1. The van der Waals surface area contributed by atoms with E-state index >= 15 is 0 Å². The number of amides is 1. The first-order valence-corrected chi connectivity index (χ1v) is 9.37. The van der Waals surface area contributed by atoms with Gasteiger partial charge in [0.25, 0.3) is 5.56 Å². The summed E-state index contributed by atoms with van der Waals surface area (Å²) in [7, 11) is 0. The number of carboxylic acid groups (broad SMARTS) is 1. The van der Waals surface area contributed by atoms with Gasteiger partial charge in [0.05, 0.1) is 22.7 Å². The van der Waals surface area contributed by atoms with Crippen LogP contribution in [0.25, 0.3) is 0 Å². The molecule has 2 heterocycles. The van der Waals surface area contributed by atoms with Crippen LogP contribution in [-0.2, 0) is 11.3 Å². The lowest BCUT2D eigenvalue weighted by molar-refractivity contribution is -0.126. The van der Waals surface area contributed by atoms with E-state index in [1.54, 1.807) is 34.6 Å². The Kier molecular flexibility index (Phi) is 5.88. The van der Waals surface area contributed by atoms with Crippen molar-refractivity contribution in [2.24, 2.45) is 5.41 Å². The molecular formula is C19H27ClN2O6. The number of hydrogen-bond acceptors (Lipinski definition) is 5. The number of rotatable bonds is 3. The van der Waals surface area contributed by atoms with Gasteiger partial charge in [-0.05, 0) is 27.2 Å². The summed E-state index contributed by atoms with van der Waals surface area (Å²) in [4.78, 5) is 37.5. The van der Waals surface area contributed by atoms with Crippen molar-refractivity contribution in [3.63, 3.8) is 0 Å². The van der Waals surface area contributed by atoms with Crippen LogP contribution in [0.1, 0.15) is 51.4 Å². The van der Waals surface area contributed by atoms with E-state index in [1.807, 2.05) is 0 Å². The number of piperidine rings is 1. The average molecular weight is 415 g/mol. The summed E-state index contributed by atoms with van der Waals surface area (Å²) in [5.74, 6) is -1.26. The predicted octanol–water partition coefficient (Wildman–Crippen LogP) is 2.60. The monoisotopic (exact) mass is 414 g/mol. The molecule has 0 radical (unpaired) electrons. The summed E-state index contributed by atoms with van der Waals surface area (Å²) in [5.41, 5.74) is -3.45. The third-order valence-electron chi connectivity index (χ3n) is 5.03. The van der Waals surface area contributed by atoms with E-state index in [-0.39, 0.29) is 36.6 Å². The highest BCUT2D eigenvalue weighted by Crippen LogP contribution is 2.40. The zero-order valence-electron chi connectivity index (χ0n) is 16.8. The molecule has 1 unspecified atom stereocenters. The Morgan fingerprint density at radius 1 is 1.32 bits per heavy atom. The Morgan fingerprint density at radius 3 is 2.43 bits per heavy atom. The maximum absolute atomic E-state index is 12.4. The number of aromatic carboxylic acids is 1. The van der Waals surface area contributed by atoms with E-state index in [4.69, 9.17) is 16.3 Å². The molecule has 9 heteroatoms. The molecule has 1 saturated heterocycles. The number of carbonyl (C=O) groups excluding carboxylic acids is 1. The molecule has 28 heavy (non-hydrogen) atoms. The topological polar surface area (TPSA) is 109 Å². The fraction of sp³-hybridized carbons (Fsp3) is 0.632. The van der Waals surface area contributed by atoms with Crippen molar-refractivity contribution in [1.29, 1.82) is 0 Å². The molecule has 2 rings (SSSR count).